The van der Waals surface area contributed by atoms with Crippen LogP contribution in [-0.2, 0) is 7.05 Å². The van der Waals surface area contributed by atoms with Gasteiger partial charge in [-0.05, 0) is 6.92 Å². The molecule has 1 amide bonds. The van der Waals surface area contributed by atoms with Crippen LogP contribution < -0.4 is 5.73 Å². The summed E-state index contributed by atoms with van der Waals surface area (Å²) in [7, 11) is 1.81. The second-order valence-corrected chi connectivity index (χ2v) is 6.08. The van der Waals surface area contributed by atoms with Crippen LogP contribution in [0.15, 0.2) is 0 Å². The van der Waals surface area contributed by atoms with E-state index in [1.807, 2.05) is 14.0 Å². The van der Waals surface area contributed by atoms with Gasteiger partial charge in [0.15, 0.2) is 0 Å². The number of hydrogen-bond donors (Lipinski definition) is 3. The van der Waals surface area contributed by atoms with Crippen molar-refractivity contribution in [3.8, 4) is 0 Å². The van der Waals surface area contributed by atoms with Crippen molar-refractivity contribution in [1.82, 2.24) is 14.7 Å². The lowest BCUT2D eigenvalue weighted by atomic mass is 10.2. The van der Waals surface area contributed by atoms with Gasteiger partial charge in [-0.25, -0.2) is 0 Å². The van der Waals surface area contributed by atoms with Crippen molar-refractivity contribution in [2.75, 3.05) is 18.8 Å². The number of hydrogen-bond acceptors (Lipinski definition) is 6. The van der Waals surface area contributed by atoms with Crippen LogP contribution in [0.25, 0.3) is 10.2 Å². The maximum atomic E-state index is 12.5. The second-order valence-electron chi connectivity index (χ2n) is 5.08. The SMILES string of the molecule is Cc1nn(C)c2sc(C(=O)N3CC(O)C(O)C3)c(N)c12. The molecular weight excluding hydrogens is 280 g/mol. The van der Waals surface area contributed by atoms with Crippen LogP contribution in [-0.4, -0.2) is 56.1 Å². The molecule has 1 aliphatic heterocycles. The summed E-state index contributed by atoms with van der Waals surface area (Å²) in [6.07, 6.45) is -1.78. The van der Waals surface area contributed by atoms with Gasteiger partial charge in [-0.3, -0.25) is 9.48 Å². The second kappa shape index (κ2) is 4.44. The molecule has 7 nitrogen and oxygen atoms in total. The van der Waals surface area contributed by atoms with Crippen LogP contribution in [0, 0.1) is 6.92 Å². The lowest BCUT2D eigenvalue weighted by Crippen LogP contribution is -2.29. The van der Waals surface area contributed by atoms with Crippen molar-refractivity contribution >= 4 is 33.1 Å². The number of likely N-dealkylation sites (tertiary alicyclic amines) is 1. The molecule has 108 valence electrons. The summed E-state index contributed by atoms with van der Waals surface area (Å²) in [5, 5.41) is 24.2. The topological polar surface area (TPSA) is 105 Å². The maximum Gasteiger partial charge on any atom is 0.266 e. The van der Waals surface area contributed by atoms with Crippen molar-refractivity contribution in [3.05, 3.63) is 10.6 Å². The Morgan fingerprint density at radius 2 is 2.00 bits per heavy atom. The number of nitrogen functional groups attached to an aromatic ring is 1. The van der Waals surface area contributed by atoms with Crippen LogP contribution in [0.2, 0.25) is 0 Å². The Hall–Kier alpha value is -1.64. The molecule has 0 aliphatic carbocycles. The average Bonchev–Trinajstić information content (AvgIpc) is 2.98. The van der Waals surface area contributed by atoms with E-state index in [2.05, 4.69) is 5.10 Å². The minimum atomic E-state index is -0.891. The van der Waals surface area contributed by atoms with E-state index in [0.29, 0.717) is 10.6 Å². The minimum absolute atomic E-state index is 0.130. The molecule has 0 radical (unpaired) electrons. The quantitative estimate of drug-likeness (QED) is 0.670. The number of aromatic nitrogens is 2. The molecular formula is C12H16N4O3S. The fraction of sp³-hybridized carbons (Fsp3) is 0.500. The van der Waals surface area contributed by atoms with Crippen molar-refractivity contribution < 1.29 is 15.0 Å². The van der Waals surface area contributed by atoms with E-state index in [0.717, 1.165) is 15.9 Å². The average molecular weight is 296 g/mol. The predicted octanol–water partition coefficient (Wildman–Crippen LogP) is -0.297. The van der Waals surface area contributed by atoms with Gasteiger partial charge < -0.3 is 20.8 Å². The normalized spacial score (nSPS) is 22.9. The van der Waals surface area contributed by atoms with E-state index in [-0.39, 0.29) is 19.0 Å². The molecule has 1 fully saturated rings. The van der Waals surface area contributed by atoms with E-state index in [9.17, 15) is 15.0 Å². The van der Waals surface area contributed by atoms with Gasteiger partial charge in [-0.2, -0.15) is 5.10 Å². The molecule has 2 aromatic heterocycles. The van der Waals surface area contributed by atoms with E-state index in [1.165, 1.54) is 16.2 Å². The first kappa shape index (κ1) is 13.3. The zero-order valence-electron chi connectivity index (χ0n) is 11.2. The number of nitrogens with zero attached hydrogens (tertiary/aromatic N) is 3. The fourth-order valence-electron chi connectivity index (χ4n) is 2.57. The molecule has 4 N–H and O–H groups in total. The van der Waals surface area contributed by atoms with Gasteiger partial charge in [0.2, 0.25) is 0 Å². The summed E-state index contributed by atoms with van der Waals surface area (Å²) in [6.45, 7) is 2.11. The van der Waals surface area contributed by atoms with Crippen LogP contribution in [0.1, 0.15) is 15.4 Å². The van der Waals surface area contributed by atoms with Crippen LogP contribution in [0.5, 0.6) is 0 Å². The monoisotopic (exact) mass is 296 g/mol. The lowest BCUT2D eigenvalue weighted by molar-refractivity contribution is 0.0572. The number of thiophene rings is 1. The number of carbonyl (C=O) groups is 1. The first-order chi connectivity index (χ1) is 9.40. The number of aliphatic hydroxyl groups is 2. The number of rotatable bonds is 1. The first-order valence-electron chi connectivity index (χ1n) is 6.27. The number of anilines is 1. The standard InChI is InChI=1S/C12H16N4O3S/c1-5-8-9(13)10(20-12(8)15(2)14-5)11(19)16-3-6(17)7(18)4-16/h6-7,17-18H,3-4,13H2,1-2H3. The highest BCUT2D eigenvalue weighted by Gasteiger charge is 2.35. The largest absolute Gasteiger partial charge is 0.397 e. The van der Waals surface area contributed by atoms with Crippen molar-refractivity contribution in [3.63, 3.8) is 0 Å². The summed E-state index contributed by atoms with van der Waals surface area (Å²) in [6, 6.07) is 0. The van der Waals surface area contributed by atoms with Gasteiger partial charge in [0.25, 0.3) is 5.91 Å². The molecule has 2 unspecified atom stereocenters. The Kier molecular flexibility index (Phi) is 2.96. The van der Waals surface area contributed by atoms with Gasteiger partial charge in [-0.1, -0.05) is 0 Å². The molecule has 3 rings (SSSR count). The fourth-order valence-corrected chi connectivity index (χ4v) is 3.72. The zero-order chi connectivity index (χ0) is 14.6. The summed E-state index contributed by atoms with van der Waals surface area (Å²) in [5.41, 5.74) is 7.29. The number of β-amino-alcohol motifs (C(OH)–C–C–N with tert-alkyl or cyclic N) is 2. The summed E-state index contributed by atoms with van der Waals surface area (Å²) in [4.78, 5) is 15.2. The van der Waals surface area contributed by atoms with E-state index < -0.39 is 12.2 Å². The third kappa shape index (κ3) is 1.80. The van der Waals surface area contributed by atoms with Gasteiger partial charge in [0.05, 0.1) is 29.0 Å². The number of aryl methyl sites for hydroxylation is 2. The van der Waals surface area contributed by atoms with Gasteiger partial charge in [0, 0.05) is 20.1 Å². The number of carbonyl (C=O) groups excluding carboxylic acids is 1. The molecule has 0 saturated carbocycles. The molecule has 1 aliphatic rings. The predicted molar refractivity (Wildman–Crippen MR) is 75.7 cm³/mol. The molecule has 0 bridgehead atoms. The Bertz CT molecular complexity index is 682. The van der Waals surface area contributed by atoms with Gasteiger partial charge in [-0.15, -0.1) is 11.3 Å². The van der Waals surface area contributed by atoms with E-state index >= 15 is 0 Å². The summed E-state index contributed by atoms with van der Waals surface area (Å²) >= 11 is 1.29. The molecule has 0 aromatic carbocycles. The number of aliphatic hydroxyl groups excluding tert-OH is 2. The van der Waals surface area contributed by atoms with Crippen molar-refractivity contribution in [2.45, 2.75) is 19.1 Å². The molecule has 0 spiro atoms. The number of amides is 1. The Morgan fingerprint density at radius 1 is 1.40 bits per heavy atom. The highest BCUT2D eigenvalue weighted by molar-refractivity contribution is 7.21. The molecule has 3 heterocycles. The van der Waals surface area contributed by atoms with E-state index in [1.54, 1.807) is 4.68 Å². The molecule has 20 heavy (non-hydrogen) atoms. The van der Waals surface area contributed by atoms with E-state index in [4.69, 9.17) is 5.73 Å². The molecule has 2 aromatic rings. The first-order valence-corrected chi connectivity index (χ1v) is 7.08. The van der Waals surface area contributed by atoms with Crippen LogP contribution in [0.3, 0.4) is 0 Å². The number of fused-ring (bicyclic) bond motifs is 1. The summed E-state index contributed by atoms with van der Waals surface area (Å²) < 4.78 is 1.70. The Morgan fingerprint density at radius 3 is 2.55 bits per heavy atom. The Balaban J connectivity index is 2.00. The third-order valence-electron chi connectivity index (χ3n) is 3.62. The minimum Gasteiger partial charge on any atom is -0.397 e. The molecule has 8 heteroatoms. The summed E-state index contributed by atoms with van der Waals surface area (Å²) in [5.74, 6) is -0.251. The van der Waals surface area contributed by atoms with Crippen LogP contribution in [0.4, 0.5) is 5.69 Å². The maximum absolute atomic E-state index is 12.5. The number of nitrogens with two attached hydrogens (primary N) is 1. The van der Waals surface area contributed by atoms with Gasteiger partial charge in [0.1, 0.15) is 9.71 Å². The van der Waals surface area contributed by atoms with Crippen LogP contribution >= 0.6 is 11.3 Å². The van der Waals surface area contributed by atoms with Gasteiger partial charge >= 0.3 is 0 Å². The zero-order valence-corrected chi connectivity index (χ0v) is 12.0. The lowest BCUT2D eigenvalue weighted by Gasteiger charge is -2.14. The smallest absolute Gasteiger partial charge is 0.266 e. The highest BCUT2D eigenvalue weighted by Crippen LogP contribution is 2.36. The molecule has 2 atom stereocenters. The Labute approximate surface area is 119 Å². The third-order valence-corrected chi connectivity index (χ3v) is 4.88. The highest BCUT2D eigenvalue weighted by atomic mass is 32.1. The molecule has 1 saturated heterocycles. The van der Waals surface area contributed by atoms with Crippen molar-refractivity contribution in [1.29, 1.82) is 0 Å². The van der Waals surface area contributed by atoms with Crippen molar-refractivity contribution in [2.24, 2.45) is 7.05 Å².